The van der Waals surface area contributed by atoms with Gasteiger partial charge in [-0.2, -0.15) is 4.98 Å². The summed E-state index contributed by atoms with van der Waals surface area (Å²) in [5.41, 5.74) is 1.34. The van der Waals surface area contributed by atoms with Crippen LogP contribution in [-0.4, -0.2) is 31.8 Å². The molecule has 3 aromatic rings. The normalized spacial score (nSPS) is 10.9. The van der Waals surface area contributed by atoms with E-state index in [1.807, 2.05) is 0 Å². The van der Waals surface area contributed by atoms with Crippen molar-refractivity contribution in [2.75, 3.05) is 7.11 Å². The van der Waals surface area contributed by atoms with Crippen LogP contribution in [0, 0.1) is 4.77 Å². The summed E-state index contributed by atoms with van der Waals surface area (Å²) in [7, 11) is 1.55. The molecule has 0 spiro atoms. The van der Waals surface area contributed by atoms with E-state index in [1.165, 1.54) is 6.33 Å². The van der Waals surface area contributed by atoms with Crippen LogP contribution in [0.2, 0.25) is 0 Å². The second-order valence-corrected chi connectivity index (χ2v) is 3.96. The van der Waals surface area contributed by atoms with Crippen LogP contribution < -0.4 is 4.74 Å². The second-order valence-electron chi connectivity index (χ2n) is 3.58. The van der Waals surface area contributed by atoms with Crippen LogP contribution in [0.4, 0.5) is 0 Å². The van der Waals surface area contributed by atoms with Gasteiger partial charge in [-0.3, -0.25) is 4.57 Å². The van der Waals surface area contributed by atoms with Crippen LogP contribution in [0.5, 0.6) is 5.88 Å². The number of methoxy groups -OCH3 is 1. The summed E-state index contributed by atoms with van der Waals surface area (Å²) in [6.45, 7) is 0.457. The van der Waals surface area contributed by atoms with Crippen LogP contribution >= 0.6 is 12.2 Å². The summed E-state index contributed by atoms with van der Waals surface area (Å²) >= 11 is 5.26. The van der Waals surface area contributed by atoms with Gasteiger partial charge in [0.2, 0.25) is 5.88 Å². The molecule has 0 bridgehead atoms. The van der Waals surface area contributed by atoms with Crippen molar-refractivity contribution < 1.29 is 9.26 Å². The lowest BCUT2D eigenvalue weighted by Crippen LogP contribution is -2.00. The summed E-state index contributed by atoms with van der Waals surface area (Å²) in [4.78, 5) is 11.2. The molecule has 92 valence electrons. The molecule has 0 aliphatic rings. The number of imidazole rings is 1. The molecule has 0 aliphatic carbocycles. The van der Waals surface area contributed by atoms with Crippen LogP contribution in [-0.2, 0) is 6.54 Å². The third-order valence-electron chi connectivity index (χ3n) is 2.52. The zero-order valence-electron chi connectivity index (χ0n) is 9.45. The van der Waals surface area contributed by atoms with Crippen LogP contribution in [0.15, 0.2) is 23.1 Å². The molecule has 0 atom stereocenters. The zero-order valence-corrected chi connectivity index (χ0v) is 10.3. The smallest absolute Gasteiger partial charge is 0.242 e. The molecule has 1 N–H and O–H groups in total. The van der Waals surface area contributed by atoms with Gasteiger partial charge in [0.05, 0.1) is 19.9 Å². The maximum atomic E-state index is 5.26. The maximum absolute atomic E-state index is 5.26. The van der Waals surface area contributed by atoms with Gasteiger partial charge in [-0.05, 0) is 12.2 Å². The molecule has 0 aliphatic heterocycles. The predicted molar refractivity (Wildman–Crippen MR) is 64.9 cm³/mol. The van der Waals surface area contributed by atoms with Crippen molar-refractivity contribution in [1.29, 1.82) is 0 Å². The van der Waals surface area contributed by atoms with Gasteiger partial charge in [0.25, 0.3) is 0 Å². The number of aromatic amines is 1. The number of nitrogens with one attached hydrogen (secondary N) is 1. The Morgan fingerprint density at radius 3 is 3.11 bits per heavy atom. The third kappa shape index (κ3) is 1.66. The van der Waals surface area contributed by atoms with Crippen molar-refractivity contribution in [2.45, 2.75) is 6.54 Å². The van der Waals surface area contributed by atoms with Gasteiger partial charge in [0, 0.05) is 6.07 Å². The summed E-state index contributed by atoms with van der Waals surface area (Å²) in [5, 5.41) is 3.66. The molecule has 0 radical (unpaired) electrons. The fraction of sp³-hybridized carbons (Fsp3) is 0.200. The van der Waals surface area contributed by atoms with E-state index in [2.05, 4.69) is 20.1 Å². The Balaban J connectivity index is 2.17. The van der Waals surface area contributed by atoms with Crippen LogP contribution in [0.3, 0.4) is 0 Å². The summed E-state index contributed by atoms with van der Waals surface area (Å²) < 4.78 is 12.5. The molecular formula is C10H9N5O2S. The van der Waals surface area contributed by atoms with E-state index in [9.17, 15) is 0 Å². The number of ether oxygens (including phenoxy) is 1. The molecule has 18 heavy (non-hydrogen) atoms. The van der Waals surface area contributed by atoms with Crippen molar-refractivity contribution in [1.82, 2.24) is 24.7 Å². The maximum Gasteiger partial charge on any atom is 0.242 e. The first-order valence-corrected chi connectivity index (χ1v) is 5.57. The molecule has 8 heteroatoms. The highest BCUT2D eigenvalue weighted by Gasteiger charge is 2.12. The lowest BCUT2D eigenvalue weighted by Gasteiger charge is -2.01. The van der Waals surface area contributed by atoms with E-state index in [0.717, 1.165) is 0 Å². The summed E-state index contributed by atoms with van der Waals surface area (Å²) in [6.07, 6.45) is 3.02. The molecule has 0 fully saturated rings. The molecular weight excluding hydrogens is 254 g/mol. The van der Waals surface area contributed by atoms with Gasteiger partial charge in [-0.15, -0.1) is 0 Å². The van der Waals surface area contributed by atoms with Gasteiger partial charge in [0.1, 0.15) is 11.8 Å². The number of aromatic nitrogens is 5. The fourth-order valence-electron chi connectivity index (χ4n) is 1.73. The minimum Gasteiger partial charge on any atom is -0.479 e. The molecule has 0 amide bonds. The van der Waals surface area contributed by atoms with E-state index in [0.29, 0.717) is 34.1 Å². The van der Waals surface area contributed by atoms with Gasteiger partial charge in [-0.25, -0.2) is 4.98 Å². The Kier molecular flexibility index (Phi) is 2.56. The van der Waals surface area contributed by atoms with E-state index >= 15 is 0 Å². The van der Waals surface area contributed by atoms with Gasteiger partial charge >= 0.3 is 0 Å². The molecule has 3 aromatic heterocycles. The summed E-state index contributed by atoms with van der Waals surface area (Å²) in [6, 6.07) is 1.78. The molecule has 0 unspecified atom stereocenters. The molecule has 0 aromatic carbocycles. The van der Waals surface area contributed by atoms with Gasteiger partial charge in [-0.1, -0.05) is 5.16 Å². The monoisotopic (exact) mass is 263 g/mol. The van der Waals surface area contributed by atoms with E-state index in [-0.39, 0.29) is 0 Å². The zero-order chi connectivity index (χ0) is 12.5. The van der Waals surface area contributed by atoms with E-state index in [1.54, 1.807) is 23.9 Å². The van der Waals surface area contributed by atoms with E-state index in [4.69, 9.17) is 21.5 Å². The predicted octanol–water partition coefficient (Wildman–Crippen LogP) is 1.53. The minimum atomic E-state index is 0.457. The minimum absolute atomic E-state index is 0.457. The van der Waals surface area contributed by atoms with Crippen LogP contribution in [0.25, 0.3) is 11.2 Å². The highest BCUT2D eigenvalue weighted by molar-refractivity contribution is 7.71. The largest absolute Gasteiger partial charge is 0.479 e. The molecule has 3 rings (SSSR count). The Labute approximate surface area is 106 Å². The van der Waals surface area contributed by atoms with Crippen molar-refractivity contribution >= 4 is 23.4 Å². The number of fused-ring (bicyclic) bond motifs is 1. The highest BCUT2D eigenvalue weighted by Crippen LogP contribution is 2.20. The second kappa shape index (κ2) is 4.22. The number of H-pyrrole nitrogens is 1. The van der Waals surface area contributed by atoms with E-state index < -0.39 is 0 Å². The Morgan fingerprint density at radius 2 is 2.39 bits per heavy atom. The Bertz CT molecular complexity index is 730. The van der Waals surface area contributed by atoms with Gasteiger partial charge < -0.3 is 14.2 Å². The number of rotatable bonds is 3. The first kappa shape index (κ1) is 10.9. The first-order chi connectivity index (χ1) is 8.79. The lowest BCUT2D eigenvalue weighted by molar-refractivity contribution is 0.377. The van der Waals surface area contributed by atoms with Gasteiger partial charge in [0.15, 0.2) is 16.2 Å². The summed E-state index contributed by atoms with van der Waals surface area (Å²) in [5.74, 6) is 1.16. The molecule has 3 heterocycles. The van der Waals surface area contributed by atoms with Crippen LogP contribution in [0.1, 0.15) is 5.76 Å². The first-order valence-electron chi connectivity index (χ1n) is 5.16. The standard InChI is InChI=1S/C10H9N5O2S/c1-16-9-7-8(11-5-12-9)15(10(18)14-7)4-6-2-3-13-17-6/h2-3,5H,4H2,1H3,(H,14,18). The van der Waals surface area contributed by atoms with Crippen molar-refractivity contribution in [3.63, 3.8) is 0 Å². The quantitative estimate of drug-likeness (QED) is 0.722. The Morgan fingerprint density at radius 1 is 1.50 bits per heavy atom. The third-order valence-corrected chi connectivity index (χ3v) is 2.85. The SMILES string of the molecule is COc1ncnc2c1[nH]c(=S)n2Cc1ccno1. The lowest BCUT2D eigenvalue weighted by atomic mass is 10.4. The molecule has 0 saturated heterocycles. The Hall–Kier alpha value is -2.22. The highest BCUT2D eigenvalue weighted by atomic mass is 32.1. The van der Waals surface area contributed by atoms with Crippen molar-refractivity contribution in [3.8, 4) is 5.88 Å². The number of hydrogen-bond donors (Lipinski definition) is 1. The topological polar surface area (TPSA) is 81.8 Å². The van der Waals surface area contributed by atoms with Crippen molar-refractivity contribution in [2.24, 2.45) is 0 Å². The average molecular weight is 263 g/mol. The number of hydrogen-bond acceptors (Lipinski definition) is 6. The molecule has 0 saturated carbocycles. The fourth-order valence-corrected chi connectivity index (χ4v) is 1.98. The molecule has 7 nitrogen and oxygen atoms in total. The average Bonchev–Trinajstić information content (AvgIpc) is 2.99. The number of nitrogens with zero attached hydrogens (tertiary/aromatic N) is 4. The van der Waals surface area contributed by atoms with Crippen molar-refractivity contribution in [3.05, 3.63) is 29.1 Å².